The molecule has 1 aromatic carbocycles. The van der Waals surface area contributed by atoms with E-state index in [4.69, 9.17) is 5.26 Å². The summed E-state index contributed by atoms with van der Waals surface area (Å²) < 4.78 is 57.3. The molecule has 1 rings (SSSR count). The quantitative estimate of drug-likeness (QED) is 0.135. The smallest absolute Gasteiger partial charge is 0.343 e. The Hall–Kier alpha value is -2.89. The lowest BCUT2D eigenvalue weighted by Gasteiger charge is -2.08. The van der Waals surface area contributed by atoms with E-state index < -0.39 is 46.1 Å². The molecule has 0 bridgehead atoms. The number of hydrogen-bond donors (Lipinski definition) is 1. The first-order valence-corrected chi connectivity index (χ1v) is 5.71. The topological polar surface area (TPSA) is 82.7 Å². The van der Waals surface area contributed by atoms with E-state index in [1.165, 1.54) is 13.1 Å². The summed E-state index contributed by atoms with van der Waals surface area (Å²) in [5.74, 6) is -10.4. The molecule has 9 heteroatoms. The highest BCUT2D eigenvalue weighted by Crippen LogP contribution is 2.25. The van der Waals surface area contributed by atoms with Gasteiger partial charge in [-0.15, -0.1) is 0 Å². The van der Waals surface area contributed by atoms with Crippen molar-refractivity contribution >= 4 is 17.9 Å². The fourth-order valence-corrected chi connectivity index (χ4v) is 1.40. The first-order valence-electron chi connectivity index (χ1n) is 5.71. The molecular weight excluding hydrogens is 308 g/mol. The number of carbonyl (C=O) groups is 1. The van der Waals surface area contributed by atoms with Crippen LogP contribution in [0.5, 0.6) is 0 Å². The molecule has 1 aromatic rings. The Morgan fingerprint density at radius 3 is 2.55 bits per heavy atom. The summed E-state index contributed by atoms with van der Waals surface area (Å²) in [4.78, 5) is 14.6. The van der Waals surface area contributed by atoms with Crippen LogP contribution in [0, 0.1) is 34.7 Å². The third-order valence-electron chi connectivity index (χ3n) is 2.36. The van der Waals surface area contributed by atoms with Crippen molar-refractivity contribution in [3.8, 4) is 6.19 Å². The predicted molar refractivity (Wildman–Crippen MR) is 66.6 cm³/mol. The summed E-state index contributed by atoms with van der Waals surface area (Å²) in [6.45, 7) is 1.29. The monoisotopic (exact) mass is 316 g/mol. The van der Waals surface area contributed by atoms with Crippen molar-refractivity contribution < 1.29 is 32.2 Å². The largest absolute Gasteiger partial charge is 0.506 e. The Kier molecular flexibility index (Phi) is 5.63. The third kappa shape index (κ3) is 3.41. The molecule has 116 valence electrons. The number of halogens is 4. The highest BCUT2D eigenvalue weighted by atomic mass is 19.2. The molecule has 0 amide bonds. The lowest BCUT2D eigenvalue weighted by atomic mass is 10.1. The average molecular weight is 316 g/mol. The molecule has 1 N–H and O–H groups in total. The van der Waals surface area contributed by atoms with Gasteiger partial charge in [0.1, 0.15) is 11.3 Å². The molecule has 0 aliphatic heterocycles. The molecule has 0 aliphatic carbocycles. The number of benzene rings is 1. The molecule has 0 saturated carbocycles. The number of nitrogens with zero attached hydrogens (tertiary/aromatic N) is 2. The first kappa shape index (κ1) is 17.2. The van der Waals surface area contributed by atoms with Crippen LogP contribution in [0.15, 0.2) is 16.6 Å². The van der Waals surface area contributed by atoms with E-state index in [-0.39, 0.29) is 12.7 Å². The number of ether oxygens (including phenoxy) is 1. The van der Waals surface area contributed by atoms with Crippen LogP contribution in [0.3, 0.4) is 0 Å². The van der Waals surface area contributed by atoms with Crippen LogP contribution in [0.1, 0.15) is 12.5 Å². The van der Waals surface area contributed by atoms with Gasteiger partial charge in [0, 0.05) is 0 Å². The Morgan fingerprint density at radius 1 is 1.36 bits per heavy atom. The van der Waals surface area contributed by atoms with E-state index in [0.29, 0.717) is 6.21 Å². The molecule has 0 radical (unpaired) electrons. The van der Waals surface area contributed by atoms with Crippen LogP contribution in [-0.2, 0) is 9.53 Å². The van der Waals surface area contributed by atoms with Crippen LogP contribution < -0.4 is 0 Å². The average Bonchev–Trinajstić information content (AvgIpc) is 2.49. The van der Waals surface area contributed by atoms with Gasteiger partial charge in [-0.2, -0.15) is 10.3 Å². The van der Waals surface area contributed by atoms with E-state index in [0.717, 1.165) is 0 Å². The highest BCUT2D eigenvalue weighted by Gasteiger charge is 2.25. The molecule has 0 aromatic heterocycles. The van der Waals surface area contributed by atoms with Gasteiger partial charge in [-0.3, -0.25) is 0 Å². The number of rotatable bonds is 4. The van der Waals surface area contributed by atoms with E-state index in [2.05, 4.69) is 9.73 Å². The van der Waals surface area contributed by atoms with Crippen molar-refractivity contribution in [3.05, 3.63) is 40.5 Å². The third-order valence-corrected chi connectivity index (χ3v) is 2.36. The summed E-state index contributed by atoms with van der Waals surface area (Å²) in [6, 6.07) is 0.155. The Labute approximate surface area is 121 Å². The minimum atomic E-state index is -2.16. The molecule has 0 fully saturated rings. The van der Waals surface area contributed by atoms with Crippen molar-refractivity contribution in [1.82, 2.24) is 0 Å². The number of aliphatic imine (C=N–C) groups is 1. The second-order valence-electron chi connectivity index (χ2n) is 3.69. The molecule has 0 saturated heterocycles. The van der Waals surface area contributed by atoms with Crippen molar-refractivity contribution in [2.75, 3.05) is 6.61 Å². The number of aliphatic hydroxyl groups is 1. The first-order chi connectivity index (χ1) is 10.3. The molecule has 0 aliphatic rings. The summed E-state index contributed by atoms with van der Waals surface area (Å²) in [5, 5.41) is 18.1. The maximum Gasteiger partial charge on any atom is 0.343 e. The van der Waals surface area contributed by atoms with Crippen LogP contribution in [0.2, 0.25) is 0 Å². The predicted octanol–water partition coefficient (Wildman–Crippen LogP) is 2.63. The number of carbonyl (C=O) groups excluding carboxylic acids is 1. The summed E-state index contributed by atoms with van der Waals surface area (Å²) >= 11 is 0. The van der Waals surface area contributed by atoms with Crippen molar-refractivity contribution in [2.45, 2.75) is 6.92 Å². The molecule has 0 atom stereocenters. The van der Waals surface area contributed by atoms with E-state index >= 15 is 0 Å². The summed E-state index contributed by atoms with van der Waals surface area (Å²) in [7, 11) is 0. The van der Waals surface area contributed by atoms with Gasteiger partial charge >= 0.3 is 5.97 Å². The van der Waals surface area contributed by atoms with Gasteiger partial charge in [-0.1, -0.05) is 0 Å². The van der Waals surface area contributed by atoms with Crippen molar-refractivity contribution in [3.63, 3.8) is 0 Å². The minimum absolute atomic E-state index is 0.134. The second-order valence-corrected chi connectivity index (χ2v) is 3.69. The van der Waals surface area contributed by atoms with Gasteiger partial charge in [0.05, 0.1) is 18.4 Å². The number of hydrogen-bond acceptors (Lipinski definition) is 5. The van der Waals surface area contributed by atoms with Crippen LogP contribution in [-0.4, -0.2) is 23.9 Å². The molecule has 0 unspecified atom stereocenters. The van der Waals surface area contributed by atoms with Crippen LogP contribution in [0.25, 0.3) is 5.76 Å². The fourth-order valence-electron chi connectivity index (χ4n) is 1.40. The Balaban J connectivity index is 3.58. The van der Waals surface area contributed by atoms with Gasteiger partial charge in [0.2, 0.25) is 6.19 Å². The van der Waals surface area contributed by atoms with E-state index in [1.807, 2.05) is 0 Å². The highest BCUT2D eigenvalue weighted by molar-refractivity contribution is 6.15. The maximum absolute atomic E-state index is 13.6. The van der Waals surface area contributed by atoms with Gasteiger partial charge in [-0.25, -0.2) is 22.4 Å². The fraction of sp³-hybridized carbons (Fsp3) is 0.154. The number of nitriles is 1. The van der Waals surface area contributed by atoms with Gasteiger partial charge in [-0.05, 0) is 13.0 Å². The lowest BCUT2D eigenvalue weighted by molar-refractivity contribution is -0.137. The van der Waals surface area contributed by atoms with Gasteiger partial charge in [0.15, 0.2) is 23.3 Å². The number of esters is 1. The zero-order valence-corrected chi connectivity index (χ0v) is 11.0. The zero-order chi connectivity index (χ0) is 16.9. The Morgan fingerprint density at radius 2 is 2.00 bits per heavy atom. The zero-order valence-electron chi connectivity index (χ0n) is 11.0. The van der Waals surface area contributed by atoms with Crippen molar-refractivity contribution in [2.24, 2.45) is 4.99 Å². The van der Waals surface area contributed by atoms with Crippen molar-refractivity contribution in [1.29, 1.82) is 5.26 Å². The SMILES string of the molecule is CCOC(=O)/C(C=NC#N)=C(/O)c1cc(F)c(F)c(F)c1F. The van der Waals surface area contributed by atoms with Gasteiger partial charge in [0.25, 0.3) is 0 Å². The Bertz CT molecular complexity index is 708. The summed E-state index contributed by atoms with van der Waals surface area (Å²) in [5.41, 5.74) is -1.95. The molecule has 0 spiro atoms. The molecule has 5 nitrogen and oxygen atoms in total. The van der Waals surface area contributed by atoms with E-state index in [1.54, 1.807) is 0 Å². The molecular formula is C13H8F4N2O3. The standard InChI is InChI=1S/C13H8F4N2O3/c1-2-22-13(21)7(4-19-5-18)12(20)6-3-8(14)10(16)11(17)9(6)15/h3-4,20H,2H2,1H3/b12-7+,19-4?. The summed E-state index contributed by atoms with van der Waals surface area (Å²) in [6.07, 6.45) is 1.78. The van der Waals surface area contributed by atoms with Crippen LogP contribution >= 0.6 is 0 Å². The number of aliphatic hydroxyl groups excluding tert-OH is 1. The minimum Gasteiger partial charge on any atom is -0.506 e. The van der Waals surface area contributed by atoms with Gasteiger partial charge < -0.3 is 9.84 Å². The van der Waals surface area contributed by atoms with Crippen LogP contribution in [0.4, 0.5) is 17.6 Å². The second kappa shape index (κ2) is 7.21. The maximum atomic E-state index is 13.6. The normalized spacial score (nSPS) is 12.0. The molecule has 22 heavy (non-hydrogen) atoms. The van der Waals surface area contributed by atoms with E-state index in [9.17, 15) is 27.5 Å². The lowest BCUT2D eigenvalue weighted by Crippen LogP contribution is -2.12. The molecule has 0 heterocycles.